The third kappa shape index (κ3) is 3.76. The van der Waals surface area contributed by atoms with E-state index >= 15 is 0 Å². The molecule has 0 bridgehead atoms. The lowest BCUT2D eigenvalue weighted by Crippen LogP contribution is -2.53. The van der Waals surface area contributed by atoms with E-state index in [1.165, 1.54) is 57.8 Å². The Bertz CT molecular complexity index is 544. The smallest absolute Gasteiger partial charge is 0.0149 e. The Morgan fingerprint density at radius 3 is 2.18 bits per heavy atom. The number of hydrogen-bond acceptors (Lipinski definition) is 0. The lowest BCUT2D eigenvalue weighted by atomic mass is 9.44. The highest BCUT2D eigenvalue weighted by molar-refractivity contribution is 5.17. The van der Waals surface area contributed by atoms with Crippen molar-refractivity contribution in [3.05, 3.63) is 11.6 Å². The number of rotatable bonds is 2. The maximum atomic E-state index is 2.72. The second-order valence-electron chi connectivity index (χ2n) is 11.8. The lowest BCUT2D eigenvalue weighted by molar-refractivity contribution is -0.114. The summed E-state index contributed by atoms with van der Waals surface area (Å²) in [5.74, 6) is 6.03. The third-order valence-electron chi connectivity index (χ3n) is 10.0. The van der Waals surface area contributed by atoms with Crippen molar-refractivity contribution in [2.24, 2.45) is 46.3 Å². The largest absolute Gasteiger partial charge is 0.0856 e. The first-order chi connectivity index (χ1) is 13.3. The summed E-state index contributed by atoms with van der Waals surface area (Å²) in [6.45, 7) is 16.9. The van der Waals surface area contributed by atoms with Crippen molar-refractivity contribution >= 4 is 0 Å². The first-order valence-corrected chi connectivity index (χ1v) is 13.0. The molecular weight excluding hydrogens is 336 g/mol. The van der Waals surface area contributed by atoms with Crippen LogP contribution < -0.4 is 0 Å². The predicted octanol–water partition coefficient (Wildman–Crippen LogP) is 9.05. The highest BCUT2D eigenvalue weighted by atomic mass is 14.6. The van der Waals surface area contributed by atoms with Gasteiger partial charge >= 0.3 is 0 Å². The van der Waals surface area contributed by atoms with Gasteiger partial charge in [-0.15, -0.1) is 0 Å². The fourth-order valence-electron chi connectivity index (χ4n) is 8.68. The second-order valence-corrected chi connectivity index (χ2v) is 11.8. The van der Waals surface area contributed by atoms with E-state index in [1.54, 1.807) is 18.4 Å². The highest BCUT2D eigenvalue weighted by Gasteiger charge is 2.59. The lowest BCUT2D eigenvalue weighted by Gasteiger charge is -2.61. The van der Waals surface area contributed by atoms with Crippen LogP contribution in [0.5, 0.6) is 0 Å². The van der Waals surface area contributed by atoms with Crippen molar-refractivity contribution in [3.8, 4) is 0 Å². The zero-order chi connectivity index (χ0) is 20.5. The summed E-state index contributed by atoms with van der Waals surface area (Å²) < 4.78 is 0. The minimum atomic E-state index is 0.613. The van der Waals surface area contributed by atoms with E-state index in [9.17, 15) is 0 Å². The minimum Gasteiger partial charge on any atom is -0.0856 e. The van der Waals surface area contributed by atoms with E-state index in [0.717, 1.165) is 35.5 Å². The Morgan fingerprint density at radius 2 is 1.50 bits per heavy atom. The Balaban J connectivity index is 0.000000706. The molecule has 162 valence electrons. The molecule has 0 aromatic rings. The van der Waals surface area contributed by atoms with Crippen molar-refractivity contribution in [1.82, 2.24) is 0 Å². The maximum absolute atomic E-state index is 2.72. The van der Waals surface area contributed by atoms with E-state index < -0.39 is 0 Å². The van der Waals surface area contributed by atoms with Crippen molar-refractivity contribution < 1.29 is 0 Å². The summed E-state index contributed by atoms with van der Waals surface area (Å²) in [5.41, 5.74) is 3.02. The molecule has 8 unspecified atom stereocenters. The molecule has 4 rings (SSSR count). The standard InChI is InChI=1S/C25H42.C3H8/c1-6-7-18(3)21-10-11-22-20-9-8-19-16-17(2)12-14-24(19,4)23(20)13-15-25(21,22)5;1-3-2/h7,17,19-23H,6,8-16H2,1-5H3;3H2,1-2H3/b18-7+;. The molecule has 8 atom stereocenters. The Morgan fingerprint density at radius 1 is 0.857 bits per heavy atom. The van der Waals surface area contributed by atoms with Crippen LogP contribution in [0.15, 0.2) is 11.6 Å². The summed E-state index contributed by atoms with van der Waals surface area (Å²) >= 11 is 0. The fraction of sp³-hybridized carbons (Fsp3) is 0.929. The molecule has 0 aromatic heterocycles. The molecule has 0 aliphatic heterocycles. The van der Waals surface area contributed by atoms with Crippen LogP contribution in [0.3, 0.4) is 0 Å². The van der Waals surface area contributed by atoms with Gasteiger partial charge in [0, 0.05) is 0 Å². The molecule has 0 saturated heterocycles. The van der Waals surface area contributed by atoms with Gasteiger partial charge in [0.15, 0.2) is 0 Å². The molecule has 0 heterocycles. The van der Waals surface area contributed by atoms with Gasteiger partial charge in [0.25, 0.3) is 0 Å². The zero-order valence-corrected chi connectivity index (χ0v) is 20.3. The van der Waals surface area contributed by atoms with Crippen LogP contribution in [0.25, 0.3) is 0 Å². The number of hydrogen-bond donors (Lipinski definition) is 0. The predicted molar refractivity (Wildman–Crippen MR) is 124 cm³/mol. The van der Waals surface area contributed by atoms with Gasteiger partial charge < -0.3 is 0 Å². The number of allylic oxidation sites excluding steroid dienone is 2. The van der Waals surface area contributed by atoms with Crippen LogP contribution in [-0.2, 0) is 0 Å². The molecule has 0 aromatic carbocycles. The Kier molecular flexibility index (Phi) is 7.09. The molecule has 4 saturated carbocycles. The van der Waals surface area contributed by atoms with E-state index in [1.807, 2.05) is 0 Å². The normalized spacial score (nSPS) is 48.0. The van der Waals surface area contributed by atoms with E-state index in [0.29, 0.717) is 10.8 Å². The maximum Gasteiger partial charge on any atom is -0.0149 e. The monoisotopic (exact) mass is 386 g/mol. The van der Waals surface area contributed by atoms with Gasteiger partial charge in [-0.05, 0) is 111 Å². The summed E-state index contributed by atoms with van der Waals surface area (Å²) in [6.07, 6.45) is 18.7. The van der Waals surface area contributed by atoms with Crippen LogP contribution >= 0.6 is 0 Å². The minimum absolute atomic E-state index is 0.613. The molecule has 0 amide bonds. The van der Waals surface area contributed by atoms with Crippen LogP contribution in [0.4, 0.5) is 0 Å². The summed E-state index contributed by atoms with van der Waals surface area (Å²) in [6, 6.07) is 0. The van der Waals surface area contributed by atoms with Gasteiger partial charge in [-0.2, -0.15) is 0 Å². The topological polar surface area (TPSA) is 0 Å². The average Bonchev–Trinajstić information content (AvgIpc) is 3.00. The van der Waals surface area contributed by atoms with Gasteiger partial charge in [-0.1, -0.05) is 66.0 Å². The first-order valence-electron chi connectivity index (χ1n) is 13.0. The molecule has 0 nitrogen and oxygen atoms in total. The molecule has 28 heavy (non-hydrogen) atoms. The zero-order valence-electron chi connectivity index (χ0n) is 20.3. The van der Waals surface area contributed by atoms with Gasteiger partial charge in [0.1, 0.15) is 0 Å². The van der Waals surface area contributed by atoms with Crippen LogP contribution in [0.1, 0.15) is 119 Å². The quantitative estimate of drug-likeness (QED) is 0.415. The molecule has 4 aliphatic rings. The van der Waals surface area contributed by atoms with Gasteiger partial charge in [0.2, 0.25) is 0 Å². The Hall–Kier alpha value is -0.260. The molecule has 0 spiro atoms. The van der Waals surface area contributed by atoms with Crippen LogP contribution in [0, 0.1) is 46.3 Å². The average molecular weight is 387 g/mol. The van der Waals surface area contributed by atoms with Crippen molar-refractivity contribution in [1.29, 1.82) is 0 Å². The molecule has 0 heteroatoms. The summed E-state index contributed by atoms with van der Waals surface area (Å²) in [7, 11) is 0. The van der Waals surface area contributed by atoms with Crippen LogP contribution in [-0.4, -0.2) is 0 Å². The molecule has 4 aliphatic carbocycles. The molecule has 0 radical (unpaired) electrons. The molecule has 4 fully saturated rings. The van der Waals surface area contributed by atoms with E-state index in [2.05, 4.69) is 54.5 Å². The fourth-order valence-corrected chi connectivity index (χ4v) is 8.68. The second kappa shape index (κ2) is 8.85. The highest BCUT2D eigenvalue weighted by Crippen LogP contribution is 2.68. The third-order valence-corrected chi connectivity index (χ3v) is 10.0. The van der Waals surface area contributed by atoms with Crippen molar-refractivity contribution in [2.75, 3.05) is 0 Å². The van der Waals surface area contributed by atoms with E-state index in [4.69, 9.17) is 0 Å². The van der Waals surface area contributed by atoms with Gasteiger partial charge in [0.05, 0.1) is 0 Å². The SMILES string of the molecule is CC/C=C(\C)C1CCC2C3CCC4CC(C)CCC4(C)C3CCC12C.CCC. The molecular formula is C28H50. The first kappa shape index (κ1) is 22.4. The summed E-state index contributed by atoms with van der Waals surface area (Å²) in [5, 5.41) is 0. The summed E-state index contributed by atoms with van der Waals surface area (Å²) in [4.78, 5) is 0. The Labute approximate surface area is 177 Å². The molecule has 0 N–H and O–H groups in total. The van der Waals surface area contributed by atoms with Gasteiger partial charge in [-0.3, -0.25) is 0 Å². The number of fused-ring (bicyclic) bond motifs is 5. The van der Waals surface area contributed by atoms with E-state index in [-0.39, 0.29) is 0 Å². The van der Waals surface area contributed by atoms with Crippen molar-refractivity contribution in [2.45, 2.75) is 119 Å². The van der Waals surface area contributed by atoms with Gasteiger partial charge in [-0.25, -0.2) is 0 Å². The van der Waals surface area contributed by atoms with Crippen molar-refractivity contribution in [3.63, 3.8) is 0 Å². The van der Waals surface area contributed by atoms with Crippen LogP contribution in [0.2, 0.25) is 0 Å².